The summed E-state index contributed by atoms with van der Waals surface area (Å²) in [5, 5.41) is 21.6. The van der Waals surface area contributed by atoms with Gasteiger partial charge in [-0.3, -0.25) is 4.79 Å². The van der Waals surface area contributed by atoms with Gasteiger partial charge in [-0.05, 0) is 17.7 Å². The highest BCUT2D eigenvalue weighted by Gasteiger charge is 2.13. The van der Waals surface area contributed by atoms with Crippen molar-refractivity contribution in [2.45, 2.75) is 6.54 Å². The van der Waals surface area contributed by atoms with Gasteiger partial charge in [-0.25, -0.2) is 0 Å². The first-order valence-electron chi connectivity index (χ1n) is 7.70. The molecule has 0 radical (unpaired) electrons. The van der Waals surface area contributed by atoms with Crippen molar-refractivity contribution in [2.24, 2.45) is 0 Å². The summed E-state index contributed by atoms with van der Waals surface area (Å²) < 4.78 is 0. The van der Waals surface area contributed by atoms with E-state index in [1.807, 2.05) is 36.4 Å². The van der Waals surface area contributed by atoms with E-state index in [4.69, 9.17) is 11.6 Å². The SMILES string of the molecule is N#C/C(=C/N(CCO)Cc1ccccc1)C(=O)Nc1ccccc1Cl. The van der Waals surface area contributed by atoms with E-state index in [2.05, 4.69) is 5.32 Å². The maximum atomic E-state index is 12.3. The number of nitrogens with one attached hydrogen (secondary N) is 1. The molecule has 0 aliphatic heterocycles. The lowest BCUT2D eigenvalue weighted by atomic mass is 10.2. The van der Waals surface area contributed by atoms with Crippen LogP contribution in [0, 0.1) is 11.3 Å². The van der Waals surface area contributed by atoms with Crippen LogP contribution in [0.1, 0.15) is 5.56 Å². The molecule has 0 aliphatic carbocycles. The third-order valence-corrected chi connectivity index (χ3v) is 3.74. The largest absolute Gasteiger partial charge is 0.395 e. The van der Waals surface area contributed by atoms with Gasteiger partial charge in [-0.1, -0.05) is 54.1 Å². The highest BCUT2D eigenvalue weighted by atomic mass is 35.5. The number of nitriles is 1. The van der Waals surface area contributed by atoms with Crippen molar-refractivity contribution in [3.05, 3.63) is 77.0 Å². The molecule has 1 amide bonds. The van der Waals surface area contributed by atoms with Gasteiger partial charge in [0.1, 0.15) is 11.6 Å². The van der Waals surface area contributed by atoms with Crippen molar-refractivity contribution >= 4 is 23.2 Å². The number of aliphatic hydroxyl groups is 1. The fourth-order valence-corrected chi connectivity index (χ4v) is 2.39. The Morgan fingerprint density at radius 1 is 1.20 bits per heavy atom. The van der Waals surface area contributed by atoms with Gasteiger partial charge in [-0.2, -0.15) is 5.26 Å². The van der Waals surface area contributed by atoms with Crippen molar-refractivity contribution < 1.29 is 9.90 Å². The molecule has 2 rings (SSSR count). The molecule has 5 nitrogen and oxygen atoms in total. The van der Waals surface area contributed by atoms with Crippen LogP contribution in [-0.2, 0) is 11.3 Å². The second kappa shape index (κ2) is 9.48. The van der Waals surface area contributed by atoms with Crippen LogP contribution in [0.3, 0.4) is 0 Å². The Hall–Kier alpha value is -2.81. The zero-order chi connectivity index (χ0) is 18.1. The number of carbonyl (C=O) groups excluding carboxylic acids is 1. The molecule has 0 bridgehead atoms. The van der Waals surface area contributed by atoms with Crippen LogP contribution in [0.25, 0.3) is 0 Å². The number of hydrogen-bond acceptors (Lipinski definition) is 4. The molecule has 0 aliphatic rings. The Morgan fingerprint density at radius 2 is 1.88 bits per heavy atom. The molecular formula is C19H18ClN3O2. The zero-order valence-electron chi connectivity index (χ0n) is 13.5. The molecule has 128 valence electrons. The summed E-state index contributed by atoms with van der Waals surface area (Å²) in [6, 6.07) is 18.3. The normalized spacial score (nSPS) is 10.8. The lowest BCUT2D eigenvalue weighted by molar-refractivity contribution is -0.112. The van der Waals surface area contributed by atoms with Gasteiger partial charge in [0, 0.05) is 19.3 Å². The van der Waals surface area contributed by atoms with E-state index >= 15 is 0 Å². The van der Waals surface area contributed by atoms with E-state index in [-0.39, 0.29) is 12.2 Å². The average molecular weight is 356 g/mol. The molecular weight excluding hydrogens is 338 g/mol. The van der Waals surface area contributed by atoms with Crippen LogP contribution < -0.4 is 5.32 Å². The van der Waals surface area contributed by atoms with Crippen molar-refractivity contribution in [1.29, 1.82) is 5.26 Å². The fraction of sp³-hybridized carbons (Fsp3) is 0.158. The molecule has 2 N–H and O–H groups in total. The van der Waals surface area contributed by atoms with Crippen molar-refractivity contribution in [3.8, 4) is 6.07 Å². The zero-order valence-corrected chi connectivity index (χ0v) is 14.3. The number of carbonyl (C=O) groups is 1. The topological polar surface area (TPSA) is 76.4 Å². The van der Waals surface area contributed by atoms with E-state index < -0.39 is 5.91 Å². The predicted octanol–water partition coefficient (Wildman–Crippen LogP) is 3.18. The molecule has 25 heavy (non-hydrogen) atoms. The number of nitrogens with zero attached hydrogens (tertiary/aromatic N) is 2. The van der Waals surface area contributed by atoms with Crippen LogP contribution in [0.5, 0.6) is 0 Å². The Kier molecular flexibility index (Phi) is 7.02. The second-order valence-corrected chi connectivity index (χ2v) is 5.68. The Morgan fingerprint density at radius 3 is 2.52 bits per heavy atom. The van der Waals surface area contributed by atoms with Crippen molar-refractivity contribution in [3.63, 3.8) is 0 Å². The van der Waals surface area contributed by atoms with Gasteiger partial charge in [-0.15, -0.1) is 0 Å². The quantitative estimate of drug-likeness (QED) is 0.590. The molecule has 0 aromatic heterocycles. The first kappa shape index (κ1) is 18.5. The van der Waals surface area contributed by atoms with Gasteiger partial charge in [0.05, 0.1) is 17.3 Å². The van der Waals surface area contributed by atoms with E-state index in [0.29, 0.717) is 23.8 Å². The molecule has 0 spiro atoms. The Labute approximate surface area is 151 Å². The summed E-state index contributed by atoms with van der Waals surface area (Å²) in [6.45, 7) is 0.694. The minimum atomic E-state index is -0.549. The number of anilines is 1. The minimum absolute atomic E-state index is 0.0655. The molecule has 0 saturated heterocycles. The predicted molar refractivity (Wildman–Crippen MR) is 97.7 cm³/mol. The summed E-state index contributed by atoms with van der Waals surface area (Å²) in [5.74, 6) is -0.549. The van der Waals surface area contributed by atoms with Crippen molar-refractivity contribution in [2.75, 3.05) is 18.5 Å². The molecule has 6 heteroatoms. The van der Waals surface area contributed by atoms with Gasteiger partial charge in [0.2, 0.25) is 0 Å². The lowest BCUT2D eigenvalue weighted by Crippen LogP contribution is -2.24. The smallest absolute Gasteiger partial charge is 0.267 e. The Bertz CT molecular complexity index is 785. The minimum Gasteiger partial charge on any atom is -0.395 e. The number of benzene rings is 2. The van der Waals surface area contributed by atoms with Gasteiger partial charge < -0.3 is 15.3 Å². The maximum absolute atomic E-state index is 12.3. The van der Waals surface area contributed by atoms with Gasteiger partial charge in [0.25, 0.3) is 5.91 Å². The molecule has 0 saturated carbocycles. The van der Waals surface area contributed by atoms with Crippen LogP contribution in [0.15, 0.2) is 66.4 Å². The number of rotatable bonds is 7. The lowest BCUT2D eigenvalue weighted by Gasteiger charge is -2.20. The average Bonchev–Trinajstić information content (AvgIpc) is 2.62. The Balaban J connectivity index is 2.16. The maximum Gasteiger partial charge on any atom is 0.267 e. The number of halogens is 1. The summed E-state index contributed by atoms with van der Waals surface area (Å²) in [4.78, 5) is 14.1. The van der Waals surface area contributed by atoms with E-state index in [9.17, 15) is 15.2 Å². The molecule has 0 heterocycles. The van der Waals surface area contributed by atoms with Crippen LogP contribution >= 0.6 is 11.6 Å². The molecule has 2 aromatic rings. The monoisotopic (exact) mass is 355 g/mol. The van der Waals surface area contributed by atoms with E-state index in [0.717, 1.165) is 5.56 Å². The highest BCUT2D eigenvalue weighted by Crippen LogP contribution is 2.21. The van der Waals surface area contributed by atoms with Crippen LogP contribution in [0.2, 0.25) is 5.02 Å². The third kappa shape index (κ3) is 5.64. The van der Waals surface area contributed by atoms with Crippen LogP contribution in [-0.4, -0.2) is 29.1 Å². The second-order valence-electron chi connectivity index (χ2n) is 5.27. The fourth-order valence-electron chi connectivity index (χ4n) is 2.21. The number of hydrogen-bond donors (Lipinski definition) is 2. The molecule has 0 atom stereocenters. The number of amides is 1. The summed E-state index contributed by atoms with van der Waals surface area (Å²) in [7, 11) is 0. The van der Waals surface area contributed by atoms with Crippen LogP contribution in [0.4, 0.5) is 5.69 Å². The first-order chi connectivity index (χ1) is 12.1. The molecule has 2 aromatic carbocycles. The van der Waals surface area contributed by atoms with Gasteiger partial charge >= 0.3 is 0 Å². The van der Waals surface area contributed by atoms with E-state index in [1.165, 1.54) is 6.20 Å². The molecule has 0 fully saturated rings. The molecule has 0 unspecified atom stereocenters. The number of aliphatic hydroxyl groups excluding tert-OH is 1. The van der Waals surface area contributed by atoms with E-state index in [1.54, 1.807) is 29.2 Å². The third-order valence-electron chi connectivity index (χ3n) is 3.41. The number of para-hydroxylation sites is 1. The highest BCUT2D eigenvalue weighted by molar-refractivity contribution is 6.33. The summed E-state index contributed by atoms with van der Waals surface area (Å²) >= 11 is 6.02. The first-order valence-corrected chi connectivity index (χ1v) is 8.08. The van der Waals surface area contributed by atoms with Gasteiger partial charge in [0.15, 0.2) is 0 Å². The summed E-state index contributed by atoms with van der Waals surface area (Å²) in [5.41, 5.74) is 1.38. The standard InChI is InChI=1S/C19H18ClN3O2/c20-17-8-4-5-9-18(17)22-19(25)16(12-21)14-23(10-11-24)13-15-6-2-1-3-7-15/h1-9,14,24H,10-11,13H2,(H,22,25)/b16-14-. The van der Waals surface area contributed by atoms with Crippen molar-refractivity contribution in [1.82, 2.24) is 4.90 Å². The summed E-state index contributed by atoms with van der Waals surface area (Å²) in [6.07, 6.45) is 1.45.